The monoisotopic (exact) mass is 420 g/mol. The molecule has 4 rings (SSSR count). The summed E-state index contributed by atoms with van der Waals surface area (Å²) in [5, 5.41) is 18.3. The molecule has 1 amide bonds. The molecular formula is C21H13ClN4O4. The number of carbonyl (C=O) groups is 1. The molecule has 1 heterocycles. The molecule has 0 fully saturated rings. The second-order valence-corrected chi connectivity index (χ2v) is 6.67. The van der Waals surface area contributed by atoms with Gasteiger partial charge in [0.2, 0.25) is 5.82 Å². The second kappa shape index (κ2) is 8.14. The molecule has 0 aliphatic rings. The van der Waals surface area contributed by atoms with E-state index in [-0.39, 0.29) is 17.1 Å². The van der Waals surface area contributed by atoms with Gasteiger partial charge in [0, 0.05) is 28.3 Å². The van der Waals surface area contributed by atoms with Crippen molar-refractivity contribution in [2.24, 2.45) is 0 Å². The molecule has 4 aromatic rings. The number of hydrogen-bond acceptors (Lipinski definition) is 6. The van der Waals surface area contributed by atoms with E-state index in [2.05, 4.69) is 15.5 Å². The number of nitrogens with one attached hydrogen (secondary N) is 1. The van der Waals surface area contributed by atoms with Crippen LogP contribution in [0.2, 0.25) is 5.02 Å². The Morgan fingerprint density at radius 3 is 2.57 bits per heavy atom. The Labute approximate surface area is 175 Å². The van der Waals surface area contributed by atoms with Gasteiger partial charge in [-0.3, -0.25) is 14.9 Å². The third kappa shape index (κ3) is 4.03. The van der Waals surface area contributed by atoms with Gasteiger partial charge in [-0.05, 0) is 42.5 Å². The normalized spacial score (nSPS) is 10.6. The number of benzene rings is 3. The van der Waals surface area contributed by atoms with Crippen LogP contribution in [0.1, 0.15) is 10.4 Å². The topological polar surface area (TPSA) is 111 Å². The smallest absolute Gasteiger partial charge is 0.270 e. The van der Waals surface area contributed by atoms with Crippen LogP contribution in [0, 0.1) is 10.1 Å². The summed E-state index contributed by atoms with van der Waals surface area (Å²) in [4.78, 5) is 27.4. The van der Waals surface area contributed by atoms with Crippen LogP contribution in [-0.2, 0) is 0 Å². The fraction of sp³-hybridized carbons (Fsp3) is 0. The number of halogens is 1. The molecule has 0 unspecified atom stereocenters. The van der Waals surface area contributed by atoms with Crippen LogP contribution in [0.3, 0.4) is 0 Å². The van der Waals surface area contributed by atoms with Crippen LogP contribution in [0.4, 0.5) is 11.4 Å². The number of amides is 1. The highest BCUT2D eigenvalue weighted by atomic mass is 35.5. The molecule has 0 bridgehead atoms. The van der Waals surface area contributed by atoms with Crippen molar-refractivity contribution in [1.82, 2.24) is 10.1 Å². The number of non-ortho nitro benzene ring substituents is 1. The molecule has 0 radical (unpaired) electrons. The van der Waals surface area contributed by atoms with E-state index in [1.54, 1.807) is 48.5 Å². The van der Waals surface area contributed by atoms with E-state index in [1.165, 1.54) is 24.3 Å². The number of rotatable bonds is 5. The highest BCUT2D eigenvalue weighted by Gasteiger charge is 2.17. The van der Waals surface area contributed by atoms with Gasteiger partial charge < -0.3 is 9.84 Å². The Kier molecular flexibility index (Phi) is 5.23. The maximum atomic E-state index is 12.6. The van der Waals surface area contributed by atoms with E-state index in [9.17, 15) is 14.9 Å². The average Bonchev–Trinajstić information content (AvgIpc) is 3.25. The minimum absolute atomic E-state index is 0.159. The zero-order valence-corrected chi connectivity index (χ0v) is 16.0. The lowest BCUT2D eigenvalue weighted by molar-refractivity contribution is -0.384. The first-order valence-electron chi connectivity index (χ1n) is 8.76. The Morgan fingerprint density at radius 1 is 1.03 bits per heavy atom. The van der Waals surface area contributed by atoms with Gasteiger partial charge in [0.15, 0.2) is 0 Å². The maximum Gasteiger partial charge on any atom is 0.270 e. The molecule has 8 nitrogen and oxygen atoms in total. The van der Waals surface area contributed by atoms with E-state index in [1.807, 2.05) is 0 Å². The van der Waals surface area contributed by atoms with Crippen molar-refractivity contribution in [3.8, 4) is 22.8 Å². The molecule has 0 atom stereocenters. The maximum absolute atomic E-state index is 12.6. The van der Waals surface area contributed by atoms with Crippen LogP contribution >= 0.6 is 11.6 Å². The highest BCUT2D eigenvalue weighted by molar-refractivity contribution is 6.30. The quantitative estimate of drug-likeness (QED) is 0.350. The highest BCUT2D eigenvalue weighted by Crippen LogP contribution is 2.29. The predicted octanol–water partition coefficient (Wildman–Crippen LogP) is 5.22. The summed E-state index contributed by atoms with van der Waals surface area (Å²) < 4.78 is 5.38. The van der Waals surface area contributed by atoms with Gasteiger partial charge in [-0.2, -0.15) is 4.98 Å². The third-order valence-electron chi connectivity index (χ3n) is 4.25. The second-order valence-electron chi connectivity index (χ2n) is 6.24. The van der Waals surface area contributed by atoms with Crippen molar-refractivity contribution >= 4 is 28.9 Å². The Hall–Kier alpha value is -4.04. The first-order chi connectivity index (χ1) is 14.5. The summed E-state index contributed by atoms with van der Waals surface area (Å²) in [6.07, 6.45) is 0. The minimum Gasteiger partial charge on any atom is -0.334 e. The van der Waals surface area contributed by atoms with Crippen LogP contribution < -0.4 is 5.32 Å². The number of hydrogen-bond donors (Lipinski definition) is 1. The molecule has 30 heavy (non-hydrogen) atoms. The van der Waals surface area contributed by atoms with E-state index in [0.717, 1.165) is 5.56 Å². The number of carbonyl (C=O) groups excluding carboxylic acids is 1. The van der Waals surface area contributed by atoms with Crippen molar-refractivity contribution in [1.29, 1.82) is 0 Å². The van der Waals surface area contributed by atoms with Gasteiger partial charge >= 0.3 is 0 Å². The van der Waals surface area contributed by atoms with Crippen molar-refractivity contribution in [2.75, 3.05) is 5.32 Å². The van der Waals surface area contributed by atoms with E-state index in [0.29, 0.717) is 22.1 Å². The molecule has 0 saturated heterocycles. The third-order valence-corrected chi connectivity index (χ3v) is 4.51. The average molecular weight is 421 g/mol. The molecule has 0 aliphatic heterocycles. The first-order valence-corrected chi connectivity index (χ1v) is 9.14. The summed E-state index contributed by atoms with van der Waals surface area (Å²) >= 11 is 5.91. The molecular weight excluding hydrogens is 408 g/mol. The largest absolute Gasteiger partial charge is 0.334 e. The summed E-state index contributed by atoms with van der Waals surface area (Å²) in [6, 6.07) is 19.4. The van der Waals surface area contributed by atoms with Crippen LogP contribution in [0.15, 0.2) is 77.3 Å². The summed E-state index contributed by atoms with van der Waals surface area (Å²) in [7, 11) is 0. The number of nitro benzene ring substituents is 1. The number of nitro groups is 1. The van der Waals surface area contributed by atoms with Crippen LogP contribution in [0.5, 0.6) is 0 Å². The van der Waals surface area contributed by atoms with E-state index < -0.39 is 10.8 Å². The number of aromatic nitrogens is 2. The van der Waals surface area contributed by atoms with Crippen LogP contribution in [0.25, 0.3) is 22.8 Å². The standard InChI is InChI=1S/C21H13ClN4O4/c22-15-10-8-13(9-11-15)19-24-21(30-25-19)17-6-1-2-7-18(17)23-20(27)14-4-3-5-16(12-14)26(28)29/h1-12H,(H,23,27). The summed E-state index contributed by atoms with van der Waals surface area (Å²) in [6.45, 7) is 0. The van der Waals surface area contributed by atoms with Gasteiger partial charge in [0.25, 0.3) is 17.5 Å². The van der Waals surface area contributed by atoms with E-state index in [4.69, 9.17) is 16.1 Å². The van der Waals surface area contributed by atoms with Gasteiger partial charge in [-0.25, -0.2) is 0 Å². The fourth-order valence-electron chi connectivity index (χ4n) is 2.78. The molecule has 3 aromatic carbocycles. The van der Waals surface area contributed by atoms with Crippen molar-refractivity contribution in [2.45, 2.75) is 0 Å². The van der Waals surface area contributed by atoms with Crippen LogP contribution in [-0.4, -0.2) is 21.0 Å². The van der Waals surface area contributed by atoms with Gasteiger partial charge in [0.1, 0.15) is 0 Å². The molecule has 1 aromatic heterocycles. The SMILES string of the molecule is O=C(Nc1ccccc1-c1nc(-c2ccc(Cl)cc2)no1)c1cccc([N+](=O)[O-])c1. The zero-order valence-electron chi connectivity index (χ0n) is 15.3. The first kappa shape index (κ1) is 19.3. The number of anilines is 1. The molecule has 0 spiro atoms. The zero-order chi connectivity index (χ0) is 21.1. The Bertz CT molecular complexity index is 1240. The lowest BCUT2D eigenvalue weighted by Gasteiger charge is -2.08. The van der Waals surface area contributed by atoms with Gasteiger partial charge in [-0.15, -0.1) is 0 Å². The molecule has 1 N–H and O–H groups in total. The van der Waals surface area contributed by atoms with E-state index >= 15 is 0 Å². The minimum atomic E-state index is -0.554. The van der Waals surface area contributed by atoms with Gasteiger partial charge in [0.05, 0.1) is 16.2 Å². The van der Waals surface area contributed by atoms with Crippen molar-refractivity contribution in [3.63, 3.8) is 0 Å². The fourth-order valence-corrected chi connectivity index (χ4v) is 2.91. The lowest BCUT2D eigenvalue weighted by atomic mass is 10.1. The Balaban J connectivity index is 1.62. The molecule has 0 saturated carbocycles. The van der Waals surface area contributed by atoms with Crippen molar-refractivity contribution in [3.05, 3.63) is 93.5 Å². The Morgan fingerprint density at radius 2 is 1.80 bits per heavy atom. The molecule has 0 aliphatic carbocycles. The lowest BCUT2D eigenvalue weighted by Crippen LogP contribution is -2.12. The number of para-hydroxylation sites is 1. The summed E-state index contributed by atoms with van der Waals surface area (Å²) in [5.41, 5.74) is 1.67. The number of nitrogens with zero attached hydrogens (tertiary/aromatic N) is 3. The molecule has 148 valence electrons. The van der Waals surface area contributed by atoms with Gasteiger partial charge in [-0.1, -0.05) is 35.0 Å². The predicted molar refractivity (Wildman–Crippen MR) is 111 cm³/mol. The molecule has 9 heteroatoms. The summed E-state index contributed by atoms with van der Waals surface area (Å²) in [5.74, 6) is 0.0972. The van der Waals surface area contributed by atoms with Crippen molar-refractivity contribution < 1.29 is 14.2 Å².